The number of carbonyl (C=O) groups is 1. The molecule has 0 unspecified atom stereocenters. The van der Waals surface area contributed by atoms with Crippen molar-refractivity contribution in [2.75, 3.05) is 14.2 Å². The number of ether oxygens (including phenoxy) is 3. The Morgan fingerprint density at radius 2 is 1.34 bits per heavy atom. The van der Waals surface area contributed by atoms with E-state index in [9.17, 15) is 4.79 Å². The van der Waals surface area contributed by atoms with Crippen molar-refractivity contribution >= 4 is 5.91 Å². The molecule has 1 amide bonds. The zero-order valence-electron chi connectivity index (χ0n) is 19.9. The van der Waals surface area contributed by atoms with Gasteiger partial charge in [-0.05, 0) is 77.4 Å². The number of aromatic nitrogens is 1. The lowest BCUT2D eigenvalue weighted by atomic mass is 10.1. The number of rotatable bonds is 10. The Balaban J connectivity index is 1.51. The smallest absolute Gasteiger partial charge is 0.254 e. The van der Waals surface area contributed by atoms with E-state index >= 15 is 0 Å². The van der Waals surface area contributed by atoms with E-state index in [0.29, 0.717) is 31.0 Å². The fourth-order valence-corrected chi connectivity index (χ4v) is 3.71. The standard InChI is InChI=1S/C29H28N2O4/c1-33-26-11-9-25(10-12-26)29(32)31(19-22-13-15-30-16-14-22)20-23-5-3-8-28(17-23)35-21-24-6-4-7-27(18-24)34-2/h3-18H,19-21H2,1-2H3. The lowest BCUT2D eigenvalue weighted by molar-refractivity contribution is 0.0729. The van der Waals surface area contributed by atoms with Gasteiger partial charge in [0.15, 0.2) is 0 Å². The van der Waals surface area contributed by atoms with E-state index in [2.05, 4.69) is 4.98 Å². The van der Waals surface area contributed by atoms with E-state index < -0.39 is 0 Å². The monoisotopic (exact) mass is 468 g/mol. The molecule has 0 aliphatic heterocycles. The topological polar surface area (TPSA) is 60.9 Å². The molecule has 35 heavy (non-hydrogen) atoms. The number of amides is 1. The summed E-state index contributed by atoms with van der Waals surface area (Å²) in [4.78, 5) is 19.3. The minimum Gasteiger partial charge on any atom is -0.497 e. The summed E-state index contributed by atoms with van der Waals surface area (Å²) < 4.78 is 16.5. The van der Waals surface area contributed by atoms with E-state index in [4.69, 9.17) is 14.2 Å². The first-order valence-corrected chi connectivity index (χ1v) is 11.3. The van der Waals surface area contributed by atoms with Gasteiger partial charge in [0, 0.05) is 31.0 Å². The van der Waals surface area contributed by atoms with Crippen LogP contribution in [0, 0.1) is 0 Å². The Bertz CT molecular complexity index is 1240. The second kappa shape index (κ2) is 11.7. The van der Waals surface area contributed by atoms with Crippen LogP contribution in [-0.4, -0.2) is 30.0 Å². The van der Waals surface area contributed by atoms with Gasteiger partial charge in [0.1, 0.15) is 23.9 Å². The zero-order valence-corrected chi connectivity index (χ0v) is 19.9. The first-order valence-electron chi connectivity index (χ1n) is 11.3. The molecule has 1 aromatic heterocycles. The van der Waals surface area contributed by atoms with Gasteiger partial charge in [0.25, 0.3) is 5.91 Å². The van der Waals surface area contributed by atoms with Crippen LogP contribution < -0.4 is 14.2 Å². The summed E-state index contributed by atoms with van der Waals surface area (Å²) in [5, 5.41) is 0. The summed E-state index contributed by atoms with van der Waals surface area (Å²) in [5.74, 6) is 2.19. The molecule has 0 saturated heterocycles. The predicted molar refractivity (Wildman–Crippen MR) is 135 cm³/mol. The summed E-state index contributed by atoms with van der Waals surface area (Å²) in [7, 11) is 3.25. The molecule has 1 heterocycles. The summed E-state index contributed by atoms with van der Waals surface area (Å²) in [6.45, 7) is 1.32. The van der Waals surface area contributed by atoms with Crippen molar-refractivity contribution < 1.29 is 19.0 Å². The molecule has 0 aliphatic carbocycles. The van der Waals surface area contributed by atoms with E-state index in [-0.39, 0.29) is 5.91 Å². The fourth-order valence-electron chi connectivity index (χ4n) is 3.71. The van der Waals surface area contributed by atoms with Gasteiger partial charge in [0.2, 0.25) is 0 Å². The van der Waals surface area contributed by atoms with Crippen molar-refractivity contribution in [1.29, 1.82) is 0 Å². The molecule has 0 aliphatic rings. The normalized spacial score (nSPS) is 10.5. The number of hydrogen-bond acceptors (Lipinski definition) is 5. The van der Waals surface area contributed by atoms with Crippen molar-refractivity contribution in [3.05, 3.63) is 120 Å². The van der Waals surface area contributed by atoms with Crippen molar-refractivity contribution in [2.24, 2.45) is 0 Å². The van der Waals surface area contributed by atoms with E-state index in [1.165, 1.54) is 0 Å². The maximum Gasteiger partial charge on any atom is 0.254 e. The predicted octanol–water partition coefficient (Wildman–Crippen LogP) is 5.52. The third-order valence-corrected chi connectivity index (χ3v) is 5.56. The Morgan fingerprint density at radius 1 is 0.714 bits per heavy atom. The molecule has 3 aromatic carbocycles. The van der Waals surface area contributed by atoms with E-state index in [0.717, 1.165) is 28.2 Å². The SMILES string of the molecule is COc1ccc(C(=O)N(Cc2ccncc2)Cc2cccc(OCc3cccc(OC)c3)c2)cc1. The highest BCUT2D eigenvalue weighted by Crippen LogP contribution is 2.21. The number of hydrogen-bond donors (Lipinski definition) is 0. The second-order valence-electron chi connectivity index (χ2n) is 8.03. The molecule has 0 bridgehead atoms. The average Bonchev–Trinajstić information content (AvgIpc) is 2.92. The van der Waals surface area contributed by atoms with E-state index in [1.54, 1.807) is 50.9 Å². The number of carbonyl (C=O) groups excluding carboxylic acids is 1. The van der Waals surface area contributed by atoms with E-state index in [1.807, 2.05) is 65.6 Å². The van der Waals surface area contributed by atoms with Crippen molar-refractivity contribution in [3.8, 4) is 17.2 Å². The minimum atomic E-state index is -0.0628. The van der Waals surface area contributed by atoms with Gasteiger partial charge in [-0.15, -0.1) is 0 Å². The van der Waals surface area contributed by atoms with Gasteiger partial charge >= 0.3 is 0 Å². The molecule has 0 radical (unpaired) electrons. The van der Waals surface area contributed by atoms with Crippen LogP contribution in [0.1, 0.15) is 27.0 Å². The van der Waals surface area contributed by atoms with Gasteiger partial charge in [-0.3, -0.25) is 9.78 Å². The maximum atomic E-state index is 13.4. The molecular formula is C29H28N2O4. The molecule has 0 fully saturated rings. The summed E-state index contributed by atoms with van der Waals surface area (Å²) in [6.07, 6.45) is 3.47. The molecule has 0 spiro atoms. The Morgan fingerprint density at radius 3 is 2.06 bits per heavy atom. The van der Waals surface area contributed by atoms with Crippen LogP contribution in [0.25, 0.3) is 0 Å². The number of methoxy groups -OCH3 is 2. The molecule has 6 heteroatoms. The van der Waals surface area contributed by atoms with Crippen molar-refractivity contribution in [2.45, 2.75) is 19.7 Å². The first-order chi connectivity index (χ1) is 17.1. The largest absolute Gasteiger partial charge is 0.497 e. The summed E-state index contributed by atoms with van der Waals surface area (Å²) >= 11 is 0. The lowest BCUT2D eigenvalue weighted by Gasteiger charge is -2.23. The molecular weight excluding hydrogens is 440 g/mol. The third-order valence-electron chi connectivity index (χ3n) is 5.56. The second-order valence-corrected chi connectivity index (χ2v) is 8.03. The number of benzene rings is 3. The van der Waals surface area contributed by atoms with Crippen LogP contribution in [0.2, 0.25) is 0 Å². The van der Waals surface area contributed by atoms with Crippen LogP contribution in [-0.2, 0) is 19.7 Å². The molecule has 178 valence electrons. The molecule has 4 rings (SSSR count). The lowest BCUT2D eigenvalue weighted by Crippen LogP contribution is -2.30. The minimum absolute atomic E-state index is 0.0628. The molecule has 4 aromatic rings. The Hall–Kier alpha value is -4.32. The first kappa shape index (κ1) is 23.8. The molecule has 0 N–H and O–H groups in total. The van der Waals surface area contributed by atoms with Crippen LogP contribution in [0.3, 0.4) is 0 Å². The van der Waals surface area contributed by atoms with Crippen LogP contribution in [0.15, 0.2) is 97.3 Å². The van der Waals surface area contributed by atoms with Crippen LogP contribution in [0.5, 0.6) is 17.2 Å². The highest BCUT2D eigenvalue weighted by atomic mass is 16.5. The fraction of sp³-hybridized carbons (Fsp3) is 0.172. The zero-order chi connectivity index (χ0) is 24.5. The number of nitrogens with zero attached hydrogens (tertiary/aromatic N) is 2. The van der Waals surface area contributed by atoms with Gasteiger partial charge in [-0.2, -0.15) is 0 Å². The summed E-state index contributed by atoms with van der Waals surface area (Å²) in [6, 6.07) is 26.6. The Kier molecular flexibility index (Phi) is 7.96. The average molecular weight is 469 g/mol. The van der Waals surface area contributed by atoms with Crippen LogP contribution >= 0.6 is 0 Å². The maximum absolute atomic E-state index is 13.4. The Labute approximate surface area is 205 Å². The highest BCUT2D eigenvalue weighted by molar-refractivity contribution is 5.94. The van der Waals surface area contributed by atoms with Gasteiger partial charge in [0.05, 0.1) is 14.2 Å². The van der Waals surface area contributed by atoms with Gasteiger partial charge in [-0.25, -0.2) is 0 Å². The quantitative estimate of drug-likeness (QED) is 0.307. The van der Waals surface area contributed by atoms with Crippen molar-refractivity contribution in [1.82, 2.24) is 9.88 Å². The van der Waals surface area contributed by atoms with Gasteiger partial charge in [-0.1, -0.05) is 24.3 Å². The molecule has 0 saturated carbocycles. The van der Waals surface area contributed by atoms with Crippen molar-refractivity contribution in [3.63, 3.8) is 0 Å². The van der Waals surface area contributed by atoms with Crippen LogP contribution in [0.4, 0.5) is 0 Å². The summed E-state index contributed by atoms with van der Waals surface area (Å²) in [5.41, 5.74) is 3.60. The van der Waals surface area contributed by atoms with Gasteiger partial charge < -0.3 is 19.1 Å². The molecule has 0 atom stereocenters. The number of pyridine rings is 1. The highest BCUT2D eigenvalue weighted by Gasteiger charge is 2.17. The third kappa shape index (κ3) is 6.60. The molecule has 6 nitrogen and oxygen atoms in total.